The van der Waals surface area contributed by atoms with Gasteiger partial charge >= 0.3 is 0 Å². The molecule has 1 heterocycles. The number of rotatable bonds is 0. The van der Waals surface area contributed by atoms with Gasteiger partial charge in [0.25, 0.3) is 0 Å². The van der Waals surface area contributed by atoms with E-state index >= 15 is 0 Å². The Kier molecular flexibility index (Phi) is 2.14. The minimum atomic E-state index is 0.385. The number of hydrogen-bond donors (Lipinski definition) is 1. The molecule has 0 aromatic heterocycles. The Morgan fingerprint density at radius 2 is 1.91 bits per heavy atom. The van der Waals surface area contributed by atoms with E-state index in [1.165, 1.54) is 32.1 Å². The van der Waals surface area contributed by atoms with Gasteiger partial charge < -0.3 is 10.1 Å². The van der Waals surface area contributed by atoms with Gasteiger partial charge in [0.15, 0.2) is 0 Å². The first-order valence-electron chi connectivity index (χ1n) is 4.74. The average molecular weight is 155 g/mol. The minimum Gasteiger partial charge on any atom is -0.379 e. The average Bonchev–Trinajstić information content (AvgIpc) is 2.32. The molecule has 2 rings (SSSR count). The van der Waals surface area contributed by atoms with Crippen LogP contribution in [0.25, 0.3) is 0 Å². The first-order valence-corrected chi connectivity index (χ1v) is 4.74. The summed E-state index contributed by atoms with van der Waals surface area (Å²) in [5, 5.41) is 3.63. The highest BCUT2D eigenvalue weighted by molar-refractivity contribution is 4.93. The summed E-state index contributed by atoms with van der Waals surface area (Å²) >= 11 is 0. The third-order valence-electron chi connectivity index (χ3n) is 2.90. The van der Waals surface area contributed by atoms with Crippen molar-refractivity contribution >= 4 is 0 Å². The maximum Gasteiger partial charge on any atom is 0.0648 e. The van der Waals surface area contributed by atoms with Gasteiger partial charge in [-0.05, 0) is 25.8 Å². The van der Waals surface area contributed by atoms with Gasteiger partial charge in [-0.1, -0.05) is 12.8 Å². The van der Waals surface area contributed by atoms with Crippen molar-refractivity contribution in [1.82, 2.24) is 5.32 Å². The quantitative estimate of drug-likeness (QED) is 0.569. The maximum atomic E-state index is 5.57. The second-order valence-corrected chi connectivity index (χ2v) is 3.82. The van der Waals surface area contributed by atoms with Gasteiger partial charge in [-0.2, -0.15) is 0 Å². The van der Waals surface area contributed by atoms with Crippen molar-refractivity contribution in [2.45, 2.75) is 37.6 Å². The molecule has 2 fully saturated rings. The molecule has 64 valence electrons. The monoisotopic (exact) mass is 155 g/mol. The summed E-state index contributed by atoms with van der Waals surface area (Å²) in [6.07, 6.45) is 6.61. The van der Waals surface area contributed by atoms with Gasteiger partial charge in [-0.25, -0.2) is 0 Å². The van der Waals surface area contributed by atoms with Crippen molar-refractivity contribution in [2.75, 3.05) is 19.8 Å². The second-order valence-electron chi connectivity index (χ2n) is 3.82. The molecule has 1 saturated heterocycles. The highest BCUT2D eigenvalue weighted by Gasteiger charge is 2.34. The molecule has 1 N–H and O–H groups in total. The summed E-state index contributed by atoms with van der Waals surface area (Å²) < 4.78 is 5.57. The Hall–Kier alpha value is -0.0800. The van der Waals surface area contributed by atoms with E-state index in [0.29, 0.717) is 5.54 Å². The molecule has 0 unspecified atom stereocenters. The van der Waals surface area contributed by atoms with Gasteiger partial charge in [0.05, 0.1) is 6.61 Å². The van der Waals surface area contributed by atoms with Crippen molar-refractivity contribution in [3.05, 3.63) is 0 Å². The number of ether oxygens (including phenoxy) is 1. The van der Waals surface area contributed by atoms with E-state index in [9.17, 15) is 0 Å². The fraction of sp³-hybridized carbons (Fsp3) is 1.00. The molecular formula is C9H17NO. The van der Waals surface area contributed by atoms with E-state index in [0.717, 1.165) is 19.8 Å². The van der Waals surface area contributed by atoms with E-state index in [-0.39, 0.29) is 0 Å². The zero-order valence-corrected chi connectivity index (χ0v) is 7.07. The number of nitrogens with one attached hydrogen (secondary N) is 1. The van der Waals surface area contributed by atoms with E-state index in [4.69, 9.17) is 4.74 Å². The Bertz CT molecular complexity index is 120. The zero-order chi connectivity index (χ0) is 7.57. The maximum absolute atomic E-state index is 5.57. The van der Waals surface area contributed by atoms with Crippen LogP contribution in [0.3, 0.4) is 0 Å². The molecular weight excluding hydrogens is 138 g/mol. The molecule has 0 atom stereocenters. The van der Waals surface area contributed by atoms with Crippen LogP contribution in [0, 0.1) is 0 Å². The van der Waals surface area contributed by atoms with Crippen molar-refractivity contribution < 1.29 is 4.74 Å². The van der Waals surface area contributed by atoms with Crippen molar-refractivity contribution in [3.8, 4) is 0 Å². The Balaban J connectivity index is 1.97. The van der Waals surface area contributed by atoms with Crippen molar-refractivity contribution in [1.29, 1.82) is 0 Å². The molecule has 2 aliphatic rings. The van der Waals surface area contributed by atoms with Crippen LogP contribution in [0.1, 0.15) is 32.1 Å². The lowest BCUT2D eigenvalue weighted by molar-refractivity contribution is 0.0943. The largest absolute Gasteiger partial charge is 0.379 e. The van der Waals surface area contributed by atoms with Crippen molar-refractivity contribution in [2.24, 2.45) is 0 Å². The van der Waals surface area contributed by atoms with Crippen LogP contribution in [0.15, 0.2) is 0 Å². The van der Waals surface area contributed by atoms with Crippen LogP contribution in [-0.4, -0.2) is 25.3 Å². The molecule has 0 bridgehead atoms. The lowest BCUT2D eigenvalue weighted by Gasteiger charge is -2.27. The third-order valence-corrected chi connectivity index (χ3v) is 2.90. The SMILES string of the molecule is C1CNC2(CCCC2)COC1. The molecule has 0 radical (unpaired) electrons. The summed E-state index contributed by atoms with van der Waals surface area (Å²) in [7, 11) is 0. The lowest BCUT2D eigenvalue weighted by Crippen LogP contribution is -2.45. The molecule has 1 aliphatic carbocycles. The van der Waals surface area contributed by atoms with E-state index in [2.05, 4.69) is 5.32 Å². The molecule has 0 aromatic carbocycles. The predicted molar refractivity (Wildman–Crippen MR) is 44.6 cm³/mol. The summed E-state index contributed by atoms with van der Waals surface area (Å²) in [6.45, 7) is 3.06. The Morgan fingerprint density at radius 1 is 1.09 bits per heavy atom. The van der Waals surface area contributed by atoms with Crippen molar-refractivity contribution in [3.63, 3.8) is 0 Å². The fourth-order valence-corrected chi connectivity index (χ4v) is 2.22. The van der Waals surface area contributed by atoms with E-state index in [1.807, 2.05) is 0 Å². The number of hydrogen-bond acceptors (Lipinski definition) is 2. The van der Waals surface area contributed by atoms with Gasteiger partial charge in [-0.15, -0.1) is 0 Å². The van der Waals surface area contributed by atoms with Crippen LogP contribution in [0.2, 0.25) is 0 Å². The van der Waals surface area contributed by atoms with Gasteiger partial charge in [0.1, 0.15) is 0 Å². The molecule has 11 heavy (non-hydrogen) atoms. The second kappa shape index (κ2) is 3.11. The third kappa shape index (κ3) is 1.57. The topological polar surface area (TPSA) is 21.3 Å². The first-order chi connectivity index (χ1) is 5.41. The summed E-state index contributed by atoms with van der Waals surface area (Å²) in [5.41, 5.74) is 0.385. The van der Waals surface area contributed by atoms with Crippen LogP contribution >= 0.6 is 0 Å². The Morgan fingerprint density at radius 3 is 2.73 bits per heavy atom. The van der Waals surface area contributed by atoms with Gasteiger partial charge in [-0.3, -0.25) is 0 Å². The molecule has 0 aromatic rings. The molecule has 1 aliphatic heterocycles. The highest BCUT2D eigenvalue weighted by Crippen LogP contribution is 2.30. The minimum absolute atomic E-state index is 0.385. The normalized spacial score (nSPS) is 30.5. The van der Waals surface area contributed by atoms with E-state index in [1.54, 1.807) is 0 Å². The highest BCUT2D eigenvalue weighted by atomic mass is 16.5. The van der Waals surface area contributed by atoms with Crippen LogP contribution in [-0.2, 0) is 4.74 Å². The predicted octanol–water partition coefficient (Wildman–Crippen LogP) is 1.31. The van der Waals surface area contributed by atoms with E-state index < -0.39 is 0 Å². The smallest absolute Gasteiger partial charge is 0.0648 e. The fourth-order valence-electron chi connectivity index (χ4n) is 2.22. The zero-order valence-electron chi connectivity index (χ0n) is 7.07. The molecule has 2 nitrogen and oxygen atoms in total. The van der Waals surface area contributed by atoms with Crippen LogP contribution in [0.5, 0.6) is 0 Å². The molecule has 0 amide bonds. The van der Waals surface area contributed by atoms with Gasteiger partial charge in [0.2, 0.25) is 0 Å². The lowest BCUT2D eigenvalue weighted by atomic mass is 9.99. The standard InChI is InChI=1S/C9H17NO/c1-2-5-9(4-1)8-11-7-3-6-10-9/h10H,1-8H2. The molecule has 1 spiro atoms. The summed E-state index contributed by atoms with van der Waals surface area (Å²) in [4.78, 5) is 0. The van der Waals surface area contributed by atoms with Crippen LogP contribution in [0.4, 0.5) is 0 Å². The Labute approximate surface area is 68.3 Å². The summed E-state index contributed by atoms with van der Waals surface area (Å²) in [6, 6.07) is 0. The molecule has 1 saturated carbocycles. The van der Waals surface area contributed by atoms with Gasteiger partial charge in [0, 0.05) is 12.1 Å². The van der Waals surface area contributed by atoms with Crippen LogP contribution < -0.4 is 5.32 Å². The molecule has 2 heteroatoms. The summed E-state index contributed by atoms with van der Waals surface area (Å²) in [5.74, 6) is 0. The first kappa shape index (κ1) is 7.56.